The molecule has 0 spiro atoms. The van der Waals surface area contributed by atoms with Crippen molar-refractivity contribution in [1.82, 2.24) is 4.57 Å². The zero-order chi connectivity index (χ0) is 9.14. The number of aromatic nitrogens is 1. The van der Waals surface area contributed by atoms with Crippen molar-refractivity contribution in [2.45, 2.75) is 20.4 Å². The van der Waals surface area contributed by atoms with Crippen LogP contribution in [-0.2, 0) is 11.3 Å². The zero-order valence-electron chi connectivity index (χ0n) is 7.20. The van der Waals surface area contributed by atoms with Gasteiger partial charge in [0.2, 0.25) is 0 Å². The van der Waals surface area contributed by atoms with Gasteiger partial charge in [-0.15, -0.1) is 11.3 Å². The van der Waals surface area contributed by atoms with E-state index in [2.05, 4.69) is 0 Å². The van der Waals surface area contributed by atoms with Gasteiger partial charge in [0.25, 0.3) is 0 Å². The molecular weight excluding hydrogens is 172 g/mol. The van der Waals surface area contributed by atoms with E-state index < -0.39 is 0 Å². The smallest absolute Gasteiger partial charge is 0.182 e. The lowest BCUT2D eigenvalue weighted by Crippen LogP contribution is -2.17. The van der Waals surface area contributed by atoms with Gasteiger partial charge in [-0.3, -0.25) is 5.41 Å². The first-order valence-electron chi connectivity index (χ1n) is 3.80. The molecule has 4 heteroatoms. The second-order valence-corrected chi connectivity index (χ2v) is 4.15. The molecule has 1 heterocycles. The summed E-state index contributed by atoms with van der Waals surface area (Å²) in [5.74, 6) is -0.00639. The molecule has 0 amide bonds. The van der Waals surface area contributed by atoms with Gasteiger partial charge < -0.3 is 9.36 Å². The minimum absolute atomic E-state index is 0.00639. The highest BCUT2D eigenvalue weighted by atomic mass is 32.1. The Bertz CT molecular complexity index is 326. The molecular formula is C8H12N2OS. The Kier molecular flexibility index (Phi) is 2.81. The Labute approximate surface area is 75.2 Å². The summed E-state index contributed by atoms with van der Waals surface area (Å²) < 4.78 is 1.80. The maximum Gasteiger partial charge on any atom is 0.182 e. The van der Waals surface area contributed by atoms with Crippen molar-refractivity contribution in [3.05, 3.63) is 15.9 Å². The maximum atomic E-state index is 10.4. The van der Waals surface area contributed by atoms with Gasteiger partial charge in [0.15, 0.2) is 4.80 Å². The number of rotatable bonds is 3. The second kappa shape index (κ2) is 3.67. The number of hydrogen-bond acceptors (Lipinski definition) is 3. The van der Waals surface area contributed by atoms with Gasteiger partial charge in [0, 0.05) is 23.5 Å². The highest BCUT2D eigenvalue weighted by molar-refractivity contribution is 7.09. The van der Waals surface area contributed by atoms with Crippen molar-refractivity contribution >= 4 is 17.6 Å². The SMILES string of the molecule is Cc1cn(CC(C)C=O)c(=N)s1. The standard InChI is InChI=1S/C8H12N2OS/c1-6(5-11)3-10-4-7(2)12-8(10)9/h4-6,9H,3H2,1-2H3. The molecule has 1 rings (SSSR count). The first-order valence-corrected chi connectivity index (χ1v) is 4.62. The Hall–Kier alpha value is -0.900. The fraction of sp³-hybridized carbons (Fsp3) is 0.500. The van der Waals surface area contributed by atoms with Gasteiger partial charge in [-0.2, -0.15) is 0 Å². The molecule has 66 valence electrons. The van der Waals surface area contributed by atoms with Crippen LogP contribution in [-0.4, -0.2) is 10.9 Å². The molecule has 0 aliphatic rings. The molecule has 0 radical (unpaired) electrons. The lowest BCUT2D eigenvalue weighted by Gasteiger charge is -2.03. The minimum Gasteiger partial charge on any atom is -0.323 e. The molecule has 0 aliphatic heterocycles. The van der Waals surface area contributed by atoms with Gasteiger partial charge in [-0.25, -0.2) is 0 Å². The van der Waals surface area contributed by atoms with Crippen LogP contribution in [0.15, 0.2) is 6.20 Å². The average molecular weight is 184 g/mol. The summed E-state index contributed by atoms with van der Waals surface area (Å²) in [4.78, 5) is 12.0. The Morgan fingerprint density at radius 2 is 2.50 bits per heavy atom. The van der Waals surface area contributed by atoms with E-state index >= 15 is 0 Å². The summed E-state index contributed by atoms with van der Waals surface area (Å²) >= 11 is 1.44. The van der Waals surface area contributed by atoms with Crippen LogP contribution in [0.2, 0.25) is 0 Å². The molecule has 3 nitrogen and oxygen atoms in total. The van der Waals surface area contributed by atoms with Gasteiger partial charge >= 0.3 is 0 Å². The predicted octanol–water partition coefficient (Wildman–Crippen LogP) is 1.17. The number of carbonyl (C=O) groups excluding carboxylic acids is 1. The van der Waals surface area contributed by atoms with Gasteiger partial charge in [-0.05, 0) is 6.92 Å². The van der Waals surface area contributed by atoms with Crippen LogP contribution in [0.4, 0.5) is 0 Å². The number of nitrogens with zero attached hydrogens (tertiary/aromatic N) is 1. The quantitative estimate of drug-likeness (QED) is 0.704. The predicted molar refractivity (Wildman–Crippen MR) is 48.1 cm³/mol. The molecule has 0 aromatic carbocycles. The summed E-state index contributed by atoms with van der Waals surface area (Å²) in [5, 5.41) is 7.53. The number of aldehydes is 1. The number of hydrogen-bond donors (Lipinski definition) is 1. The largest absolute Gasteiger partial charge is 0.323 e. The van der Waals surface area contributed by atoms with Gasteiger partial charge in [0.1, 0.15) is 6.29 Å². The maximum absolute atomic E-state index is 10.4. The van der Waals surface area contributed by atoms with E-state index in [9.17, 15) is 4.79 Å². The zero-order valence-corrected chi connectivity index (χ0v) is 8.02. The summed E-state index contributed by atoms with van der Waals surface area (Å²) in [6, 6.07) is 0. The second-order valence-electron chi connectivity index (χ2n) is 2.91. The Morgan fingerprint density at radius 1 is 1.83 bits per heavy atom. The Balaban J connectivity index is 2.82. The van der Waals surface area contributed by atoms with Crippen molar-refractivity contribution < 1.29 is 4.79 Å². The molecule has 0 fully saturated rings. The fourth-order valence-electron chi connectivity index (χ4n) is 1.00. The van der Waals surface area contributed by atoms with Crippen LogP contribution >= 0.6 is 11.3 Å². The first kappa shape index (κ1) is 9.19. The first-order chi connectivity index (χ1) is 5.63. The van der Waals surface area contributed by atoms with Crippen LogP contribution in [0, 0.1) is 18.3 Å². The van der Waals surface area contributed by atoms with Crippen molar-refractivity contribution in [3.63, 3.8) is 0 Å². The normalized spacial score (nSPS) is 12.8. The van der Waals surface area contributed by atoms with Crippen LogP contribution in [0.3, 0.4) is 0 Å². The Morgan fingerprint density at radius 3 is 2.92 bits per heavy atom. The van der Waals surface area contributed by atoms with Crippen LogP contribution in [0.25, 0.3) is 0 Å². The molecule has 0 saturated carbocycles. The molecule has 1 aromatic rings. The highest BCUT2D eigenvalue weighted by Gasteiger charge is 2.02. The summed E-state index contributed by atoms with van der Waals surface area (Å²) in [6.07, 6.45) is 2.83. The van der Waals surface area contributed by atoms with Crippen LogP contribution in [0.1, 0.15) is 11.8 Å². The molecule has 0 saturated heterocycles. The van der Waals surface area contributed by atoms with E-state index in [1.807, 2.05) is 20.0 Å². The average Bonchev–Trinajstić information content (AvgIpc) is 2.30. The summed E-state index contributed by atoms with van der Waals surface area (Å²) in [7, 11) is 0. The monoisotopic (exact) mass is 184 g/mol. The molecule has 12 heavy (non-hydrogen) atoms. The third-order valence-electron chi connectivity index (χ3n) is 1.57. The number of thiazole rings is 1. The molecule has 1 N–H and O–H groups in total. The minimum atomic E-state index is -0.00639. The van der Waals surface area contributed by atoms with E-state index in [1.54, 1.807) is 4.57 Å². The number of carbonyl (C=O) groups is 1. The van der Waals surface area contributed by atoms with Crippen molar-refractivity contribution in [1.29, 1.82) is 5.41 Å². The van der Waals surface area contributed by atoms with Crippen molar-refractivity contribution in [2.75, 3.05) is 0 Å². The number of nitrogens with one attached hydrogen (secondary N) is 1. The van der Waals surface area contributed by atoms with Crippen molar-refractivity contribution in [2.24, 2.45) is 5.92 Å². The fourth-order valence-corrected chi connectivity index (χ4v) is 1.73. The third kappa shape index (κ3) is 2.04. The van der Waals surface area contributed by atoms with E-state index in [-0.39, 0.29) is 5.92 Å². The van der Waals surface area contributed by atoms with E-state index in [0.717, 1.165) is 11.2 Å². The lowest BCUT2D eigenvalue weighted by atomic mass is 10.2. The molecule has 1 aromatic heterocycles. The van der Waals surface area contributed by atoms with Crippen molar-refractivity contribution in [3.8, 4) is 0 Å². The summed E-state index contributed by atoms with van der Waals surface area (Å²) in [5.41, 5.74) is 0. The third-order valence-corrected chi connectivity index (χ3v) is 2.43. The van der Waals surface area contributed by atoms with E-state index in [4.69, 9.17) is 5.41 Å². The molecule has 0 aliphatic carbocycles. The molecule has 1 atom stereocenters. The molecule has 0 bridgehead atoms. The number of aryl methyl sites for hydroxylation is 1. The van der Waals surface area contributed by atoms with Gasteiger partial charge in [0.05, 0.1) is 0 Å². The molecule has 1 unspecified atom stereocenters. The summed E-state index contributed by atoms with van der Waals surface area (Å²) in [6.45, 7) is 4.43. The lowest BCUT2D eigenvalue weighted by molar-refractivity contribution is -0.111. The van der Waals surface area contributed by atoms with Crippen LogP contribution < -0.4 is 4.80 Å². The van der Waals surface area contributed by atoms with Gasteiger partial charge in [-0.1, -0.05) is 6.92 Å². The van der Waals surface area contributed by atoms with Crippen LogP contribution in [0.5, 0.6) is 0 Å². The highest BCUT2D eigenvalue weighted by Crippen LogP contribution is 2.02. The van der Waals surface area contributed by atoms with E-state index in [1.165, 1.54) is 11.3 Å². The van der Waals surface area contributed by atoms with E-state index in [0.29, 0.717) is 11.3 Å². The topological polar surface area (TPSA) is 45.9 Å².